The minimum Gasteiger partial charge on any atom is -0.411 e. The van der Waals surface area contributed by atoms with Crippen LogP contribution in [0, 0.1) is 6.92 Å². The molecular weight excluding hydrogens is 460 g/mol. The van der Waals surface area contributed by atoms with Crippen LogP contribution < -0.4 is 4.90 Å². The van der Waals surface area contributed by atoms with Crippen molar-refractivity contribution in [3.05, 3.63) is 54.1 Å². The van der Waals surface area contributed by atoms with Crippen LogP contribution >= 0.6 is 11.8 Å². The van der Waals surface area contributed by atoms with E-state index < -0.39 is 10.0 Å². The Bertz CT molecular complexity index is 1210. The smallest absolute Gasteiger partial charge is 0.277 e. The first-order chi connectivity index (χ1) is 15.8. The third-order valence-electron chi connectivity index (χ3n) is 5.17. The number of amides is 1. The number of hydrogen-bond acceptors (Lipinski definition) is 7. The molecule has 1 heterocycles. The van der Waals surface area contributed by atoms with Gasteiger partial charge in [-0.25, -0.2) is 8.42 Å². The van der Waals surface area contributed by atoms with E-state index in [0.29, 0.717) is 25.2 Å². The fraction of sp³-hybridized carbons (Fsp3) is 0.348. The number of thioether (sulfide) groups is 1. The van der Waals surface area contributed by atoms with Gasteiger partial charge in [-0.3, -0.25) is 4.79 Å². The van der Waals surface area contributed by atoms with Gasteiger partial charge in [0.1, 0.15) is 0 Å². The van der Waals surface area contributed by atoms with Crippen molar-refractivity contribution < 1.29 is 17.6 Å². The highest BCUT2D eigenvalue weighted by molar-refractivity contribution is 7.99. The number of sulfonamides is 1. The minimum atomic E-state index is -3.60. The maximum atomic E-state index is 12.8. The summed E-state index contributed by atoms with van der Waals surface area (Å²) in [6, 6.07) is 14.2. The predicted molar refractivity (Wildman–Crippen MR) is 130 cm³/mol. The summed E-state index contributed by atoms with van der Waals surface area (Å²) in [6.07, 6.45) is 0. The summed E-state index contributed by atoms with van der Waals surface area (Å²) in [5.41, 5.74) is 2.41. The Morgan fingerprint density at radius 3 is 2.39 bits per heavy atom. The normalized spacial score (nSPS) is 11.7. The quantitative estimate of drug-likeness (QED) is 0.394. The van der Waals surface area contributed by atoms with Crippen molar-refractivity contribution in [2.45, 2.75) is 37.8 Å². The molecule has 0 saturated heterocycles. The standard InChI is InChI=1S/C23H28N4O4S2/c1-5-26(6-2)33(29,30)19-13-10-12-18(15-19)22-24-25-23(31-22)32-16-21(28)27(7-3)20-14-9-8-11-17(20)4/h8-15H,5-7,16H2,1-4H3. The lowest BCUT2D eigenvalue weighted by molar-refractivity contribution is -0.116. The van der Waals surface area contributed by atoms with Crippen LogP contribution in [0.3, 0.4) is 0 Å². The van der Waals surface area contributed by atoms with E-state index in [-0.39, 0.29) is 27.7 Å². The van der Waals surface area contributed by atoms with Gasteiger partial charge in [-0.05, 0) is 43.7 Å². The summed E-state index contributed by atoms with van der Waals surface area (Å²) < 4.78 is 32.7. The molecule has 10 heteroatoms. The number of benzene rings is 2. The molecule has 1 aromatic heterocycles. The summed E-state index contributed by atoms with van der Waals surface area (Å²) >= 11 is 1.15. The van der Waals surface area contributed by atoms with Crippen molar-refractivity contribution in [2.75, 3.05) is 30.3 Å². The minimum absolute atomic E-state index is 0.0659. The summed E-state index contributed by atoms with van der Waals surface area (Å²) in [5.74, 6) is 0.275. The van der Waals surface area contributed by atoms with Gasteiger partial charge in [0, 0.05) is 30.9 Å². The van der Waals surface area contributed by atoms with Crippen LogP contribution in [0.15, 0.2) is 63.1 Å². The fourth-order valence-corrected chi connectivity index (χ4v) is 5.58. The third-order valence-corrected chi connectivity index (χ3v) is 8.02. The third kappa shape index (κ3) is 5.63. The average Bonchev–Trinajstić information content (AvgIpc) is 3.29. The first kappa shape index (κ1) is 24.9. The van der Waals surface area contributed by atoms with E-state index in [0.717, 1.165) is 23.0 Å². The Labute approximate surface area is 199 Å². The molecule has 0 N–H and O–H groups in total. The second kappa shape index (κ2) is 11.0. The van der Waals surface area contributed by atoms with Crippen molar-refractivity contribution in [3.63, 3.8) is 0 Å². The maximum absolute atomic E-state index is 12.8. The van der Waals surface area contributed by atoms with Crippen LogP contribution in [0.5, 0.6) is 0 Å². The Morgan fingerprint density at radius 2 is 1.73 bits per heavy atom. The van der Waals surface area contributed by atoms with Gasteiger partial charge in [0.05, 0.1) is 10.6 Å². The molecule has 0 spiro atoms. The molecule has 0 aliphatic carbocycles. The second-order valence-electron chi connectivity index (χ2n) is 7.20. The lowest BCUT2D eigenvalue weighted by atomic mass is 10.2. The topological polar surface area (TPSA) is 96.6 Å². The zero-order valence-electron chi connectivity index (χ0n) is 19.2. The lowest BCUT2D eigenvalue weighted by Gasteiger charge is -2.22. The molecule has 1 amide bonds. The Kier molecular flexibility index (Phi) is 8.28. The van der Waals surface area contributed by atoms with E-state index in [1.165, 1.54) is 10.4 Å². The van der Waals surface area contributed by atoms with Crippen LogP contribution in [0.1, 0.15) is 26.3 Å². The van der Waals surface area contributed by atoms with Crippen LogP contribution in [0.4, 0.5) is 5.69 Å². The van der Waals surface area contributed by atoms with Gasteiger partial charge >= 0.3 is 0 Å². The van der Waals surface area contributed by atoms with Gasteiger partial charge in [0.2, 0.25) is 21.8 Å². The van der Waals surface area contributed by atoms with Gasteiger partial charge in [-0.2, -0.15) is 4.31 Å². The summed E-state index contributed by atoms with van der Waals surface area (Å²) in [7, 11) is -3.60. The molecule has 3 rings (SSSR count). The lowest BCUT2D eigenvalue weighted by Crippen LogP contribution is -2.32. The number of para-hydroxylation sites is 1. The zero-order chi connectivity index (χ0) is 24.0. The van der Waals surface area contributed by atoms with Crippen molar-refractivity contribution in [1.29, 1.82) is 0 Å². The molecule has 0 radical (unpaired) electrons. The molecule has 0 aliphatic heterocycles. The van der Waals surface area contributed by atoms with Gasteiger partial charge < -0.3 is 9.32 Å². The Balaban J connectivity index is 1.73. The molecule has 0 atom stereocenters. The SMILES string of the molecule is CCN(C(=O)CSc1nnc(-c2cccc(S(=O)(=O)N(CC)CC)c2)o1)c1ccccc1C. The molecule has 2 aromatic carbocycles. The summed E-state index contributed by atoms with van der Waals surface area (Å²) in [5, 5.41) is 8.30. The molecule has 0 aliphatic rings. The second-order valence-corrected chi connectivity index (χ2v) is 10.1. The number of aryl methyl sites for hydroxylation is 1. The van der Waals surface area contributed by atoms with Gasteiger partial charge in [-0.15, -0.1) is 10.2 Å². The molecular formula is C23H28N4O4S2. The summed E-state index contributed by atoms with van der Waals surface area (Å²) in [4.78, 5) is 14.7. The number of rotatable bonds is 10. The Hall–Kier alpha value is -2.69. The highest BCUT2D eigenvalue weighted by Crippen LogP contribution is 2.27. The zero-order valence-corrected chi connectivity index (χ0v) is 20.8. The van der Waals surface area contributed by atoms with Crippen molar-refractivity contribution in [2.24, 2.45) is 0 Å². The predicted octanol–water partition coefficient (Wildman–Crippen LogP) is 4.22. The fourth-order valence-electron chi connectivity index (χ4n) is 3.44. The van der Waals surface area contributed by atoms with Gasteiger partial charge in [-0.1, -0.05) is 49.9 Å². The molecule has 33 heavy (non-hydrogen) atoms. The van der Waals surface area contributed by atoms with Crippen LogP contribution in [0.2, 0.25) is 0 Å². The number of anilines is 1. The largest absolute Gasteiger partial charge is 0.411 e. The summed E-state index contributed by atoms with van der Waals surface area (Å²) in [6.45, 7) is 8.81. The van der Waals surface area contributed by atoms with E-state index >= 15 is 0 Å². The number of hydrogen-bond donors (Lipinski definition) is 0. The van der Waals surface area contributed by atoms with Gasteiger partial charge in [0.25, 0.3) is 5.22 Å². The van der Waals surface area contributed by atoms with E-state index in [2.05, 4.69) is 10.2 Å². The molecule has 8 nitrogen and oxygen atoms in total. The molecule has 3 aromatic rings. The number of carbonyl (C=O) groups excluding carboxylic acids is 1. The van der Waals surface area contributed by atoms with E-state index in [9.17, 15) is 13.2 Å². The van der Waals surface area contributed by atoms with Crippen molar-refractivity contribution >= 4 is 33.4 Å². The highest BCUT2D eigenvalue weighted by Gasteiger charge is 2.23. The van der Waals surface area contributed by atoms with Crippen molar-refractivity contribution in [1.82, 2.24) is 14.5 Å². The van der Waals surface area contributed by atoms with Crippen molar-refractivity contribution in [3.8, 4) is 11.5 Å². The van der Waals surface area contributed by atoms with E-state index in [1.54, 1.807) is 36.9 Å². The molecule has 0 unspecified atom stereocenters. The monoisotopic (exact) mass is 488 g/mol. The molecule has 0 fully saturated rings. The highest BCUT2D eigenvalue weighted by atomic mass is 32.2. The van der Waals surface area contributed by atoms with Crippen LogP contribution in [0.25, 0.3) is 11.5 Å². The van der Waals surface area contributed by atoms with E-state index in [4.69, 9.17) is 4.42 Å². The number of aromatic nitrogens is 2. The molecule has 0 bridgehead atoms. The van der Waals surface area contributed by atoms with E-state index in [1.807, 2.05) is 38.1 Å². The first-order valence-corrected chi connectivity index (χ1v) is 13.2. The van der Waals surface area contributed by atoms with Crippen LogP contribution in [-0.4, -0.2) is 54.2 Å². The van der Waals surface area contributed by atoms with Gasteiger partial charge in [0.15, 0.2) is 0 Å². The van der Waals surface area contributed by atoms with Crippen LogP contribution in [-0.2, 0) is 14.8 Å². The molecule has 0 saturated carbocycles. The molecule has 176 valence electrons. The maximum Gasteiger partial charge on any atom is 0.277 e. The number of carbonyl (C=O) groups is 1. The average molecular weight is 489 g/mol. The first-order valence-electron chi connectivity index (χ1n) is 10.7. The Morgan fingerprint density at radius 1 is 1.00 bits per heavy atom. The number of nitrogens with zero attached hydrogens (tertiary/aromatic N) is 4.